The number of H-pyrrole nitrogens is 2. The van der Waals surface area contributed by atoms with Crippen molar-refractivity contribution in [3.8, 4) is 6.26 Å². The molecule has 25 heavy (non-hydrogen) atoms. The van der Waals surface area contributed by atoms with Gasteiger partial charge in [-0.2, -0.15) is 0 Å². The number of thiophene rings is 2. The fraction of sp³-hybridized carbons (Fsp3) is 0.0769. The van der Waals surface area contributed by atoms with Crippen LogP contribution in [0.4, 0.5) is 5.69 Å². The smallest absolute Gasteiger partial charge is 0.812 e. The van der Waals surface area contributed by atoms with Crippen LogP contribution in [0.2, 0.25) is 0 Å². The summed E-state index contributed by atoms with van der Waals surface area (Å²) in [7, 11) is 1.33. The van der Waals surface area contributed by atoms with Gasteiger partial charge in [-0.05, 0) is 22.9 Å². The van der Waals surface area contributed by atoms with Crippen LogP contribution in [0.3, 0.4) is 0 Å². The molecule has 0 aliphatic carbocycles. The van der Waals surface area contributed by atoms with Crippen molar-refractivity contribution < 1.29 is 66.0 Å². The van der Waals surface area contributed by atoms with Gasteiger partial charge in [-0.25, -0.2) is 14.9 Å². The summed E-state index contributed by atoms with van der Waals surface area (Å²) in [6.45, 7) is 0. The number of aromatic nitrogens is 2. The Kier molecular flexibility index (Phi) is 11.3. The summed E-state index contributed by atoms with van der Waals surface area (Å²) in [5, 5.41) is 18.5. The molecule has 0 saturated heterocycles. The van der Waals surface area contributed by atoms with E-state index in [-0.39, 0.29) is 62.9 Å². The van der Waals surface area contributed by atoms with Gasteiger partial charge in [0.2, 0.25) is 0 Å². The Morgan fingerprint density at radius 2 is 1.88 bits per heavy atom. The third-order valence-electron chi connectivity index (χ3n) is 2.41. The van der Waals surface area contributed by atoms with Crippen molar-refractivity contribution in [2.24, 2.45) is 0 Å². The first-order chi connectivity index (χ1) is 11.4. The quantitative estimate of drug-likeness (QED) is 0.223. The molecule has 3 heterocycles. The second-order valence-electron chi connectivity index (χ2n) is 3.86. The molecule has 0 atom stereocenters. The van der Waals surface area contributed by atoms with Crippen molar-refractivity contribution in [3.05, 3.63) is 48.6 Å². The van der Waals surface area contributed by atoms with E-state index >= 15 is 0 Å². The van der Waals surface area contributed by atoms with Gasteiger partial charge in [0.15, 0.2) is 0 Å². The minimum atomic E-state index is -0.457. The van der Waals surface area contributed by atoms with Gasteiger partial charge in [0.1, 0.15) is 9.58 Å². The summed E-state index contributed by atoms with van der Waals surface area (Å²) < 4.78 is 5.03. The van der Waals surface area contributed by atoms with Crippen LogP contribution in [0, 0.1) is 11.5 Å². The van der Waals surface area contributed by atoms with Gasteiger partial charge in [0.05, 0.1) is 18.3 Å². The van der Waals surface area contributed by atoms with Crippen molar-refractivity contribution >= 4 is 44.5 Å². The molecular formula is C13H11KN4O5S2. The number of fused-ring (bicyclic) bond motifs is 1. The van der Waals surface area contributed by atoms with Crippen LogP contribution in [0.15, 0.2) is 32.5 Å². The summed E-state index contributed by atoms with van der Waals surface area (Å²) in [6.07, 6.45) is 0.500. The first-order valence-corrected chi connectivity index (χ1v) is 7.82. The first-order valence-electron chi connectivity index (χ1n) is 6.06. The van der Waals surface area contributed by atoms with Gasteiger partial charge in [-0.3, -0.25) is 9.78 Å². The van der Waals surface area contributed by atoms with E-state index in [2.05, 4.69) is 14.7 Å². The zero-order chi connectivity index (χ0) is 18.1. The number of aromatic amines is 2. The molecule has 0 unspecified atom stereocenters. The van der Waals surface area contributed by atoms with E-state index in [0.717, 1.165) is 0 Å². The number of esters is 1. The molecule has 3 aromatic heterocycles. The van der Waals surface area contributed by atoms with Gasteiger partial charge in [0, 0.05) is 6.26 Å². The third-order valence-corrected chi connectivity index (χ3v) is 4.24. The van der Waals surface area contributed by atoms with Crippen LogP contribution in [-0.2, 0) is 4.74 Å². The first kappa shape index (κ1) is 23.5. The number of nitrogens with two attached hydrogens (primary N) is 1. The van der Waals surface area contributed by atoms with Gasteiger partial charge in [-0.15, -0.1) is 22.7 Å². The van der Waals surface area contributed by atoms with Gasteiger partial charge in [0.25, 0.3) is 5.56 Å². The number of methoxy groups -OCH3 is 1. The van der Waals surface area contributed by atoms with Crippen LogP contribution in [0.1, 0.15) is 9.67 Å². The molecule has 0 spiro atoms. The number of nitriles is 1. The molecule has 0 fully saturated rings. The second-order valence-corrected chi connectivity index (χ2v) is 5.69. The maximum absolute atomic E-state index is 11.0. The molecule has 3 rings (SSSR count). The number of hydrogen-bond acceptors (Lipinski definition) is 9. The average Bonchev–Trinajstić information content (AvgIpc) is 3.16. The Balaban J connectivity index is 0.000000388. The number of ether oxygens (including phenoxy) is 1. The van der Waals surface area contributed by atoms with Crippen LogP contribution in [0.25, 0.3) is 10.2 Å². The predicted molar refractivity (Wildman–Crippen MR) is 88.8 cm³/mol. The summed E-state index contributed by atoms with van der Waals surface area (Å²) in [4.78, 5) is 37.6. The number of carbonyl (C=O) groups excluding carboxylic acids is 1. The maximum Gasteiger partial charge on any atom is 1.00 e. The minimum Gasteiger partial charge on any atom is -0.812 e. The fourth-order valence-electron chi connectivity index (χ4n) is 1.47. The van der Waals surface area contributed by atoms with Crippen LogP contribution in [-0.4, -0.2) is 23.0 Å². The zero-order valence-electron chi connectivity index (χ0n) is 13.2. The van der Waals surface area contributed by atoms with E-state index in [4.69, 9.17) is 16.1 Å². The van der Waals surface area contributed by atoms with E-state index in [0.29, 0.717) is 27.0 Å². The molecule has 4 N–H and O–H groups in total. The molecule has 0 aromatic carbocycles. The Labute approximate surface area is 191 Å². The molecule has 0 aliphatic heterocycles. The van der Waals surface area contributed by atoms with Crippen molar-refractivity contribution in [1.82, 2.24) is 9.97 Å². The minimum absolute atomic E-state index is 0. The summed E-state index contributed by atoms with van der Waals surface area (Å²) >= 11 is 2.59. The molecule has 0 radical (unpaired) electrons. The van der Waals surface area contributed by atoms with E-state index in [1.165, 1.54) is 29.8 Å². The summed E-state index contributed by atoms with van der Waals surface area (Å²) in [5.74, 6) is -0.368. The van der Waals surface area contributed by atoms with Gasteiger partial charge < -0.3 is 20.6 Å². The van der Waals surface area contributed by atoms with Crippen molar-refractivity contribution in [3.63, 3.8) is 0 Å². The molecule has 9 nitrogen and oxygen atoms in total. The fourth-order valence-corrected chi connectivity index (χ4v) is 2.95. The second kappa shape index (κ2) is 12.0. The van der Waals surface area contributed by atoms with Gasteiger partial charge >= 0.3 is 63.0 Å². The topological polar surface area (TPSA) is 165 Å². The number of rotatable bonds is 1. The van der Waals surface area contributed by atoms with E-state index in [1.54, 1.807) is 22.9 Å². The van der Waals surface area contributed by atoms with Crippen molar-refractivity contribution in [1.29, 1.82) is 5.26 Å². The van der Waals surface area contributed by atoms with E-state index < -0.39 is 5.69 Å². The summed E-state index contributed by atoms with van der Waals surface area (Å²) in [5.41, 5.74) is 5.73. The molecule has 12 heteroatoms. The third kappa shape index (κ3) is 7.12. The molecule has 0 amide bonds. The van der Waals surface area contributed by atoms with E-state index in [1.807, 2.05) is 0 Å². The van der Waals surface area contributed by atoms with E-state index in [9.17, 15) is 14.4 Å². The number of carbonyl (C=O) groups is 1. The molecule has 0 aliphatic rings. The molecule has 0 bridgehead atoms. The number of nitrogens with zero attached hydrogens (tertiary/aromatic N) is 1. The average molecular weight is 406 g/mol. The number of anilines is 1. The number of hydrogen-bond donors (Lipinski definition) is 3. The largest absolute Gasteiger partial charge is 1.00 e. The maximum atomic E-state index is 11.0. The Hall–Kier alpha value is -1.46. The standard InChI is InChI=1S/C6H4N2O2S.C6H7NO2S.CHNO.K/c9-5-4-3(1-2-11-4)7-6(10)8-5;1-9-6(8)5-4(7)2-3-10-5;2-1-3;/h1-2H,(H2,7,8,9,10);2-3H,7H2,1H3;3H;/q;;;+1/p-1. The van der Waals surface area contributed by atoms with Crippen LogP contribution < -0.4 is 73.5 Å². The number of nitrogen functional groups attached to an aromatic ring is 1. The molecule has 3 aromatic rings. The molecule has 0 saturated carbocycles. The Morgan fingerprint density at radius 1 is 1.28 bits per heavy atom. The Morgan fingerprint density at radius 3 is 2.40 bits per heavy atom. The van der Waals surface area contributed by atoms with Crippen molar-refractivity contribution in [2.45, 2.75) is 0 Å². The zero-order valence-corrected chi connectivity index (χ0v) is 17.9. The monoisotopic (exact) mass is 406 g/mol. The molecular weight excluding hydrogens is 395 g/mol. The SMILES string of the molecule is COC(=O)c1sccc1N.N#C[O-].O=c1[nH]c(=O)c2sccc2[nH]1.[K+]. The van der Waals surface area contributed by atoms with Crippen LogP contribution in [0.5, 0.6) is 0 Å². The van der Waals surface area contributed by atoms with Gasteiger partial charge in [-0.1, -0.05) is 0 Å². The van der Waals surface area contributed by atoms with Crippen molar-refractivity contribution in [2.75, 3.05) is 12.8 Å². The number of nitrogens with one attached hydrogen (secondary N) is 2. The Bertz CT molecular complexity index is 969. The molecule has 126 valence electrons. The summed E-state index contributed by atoms with van der Waals surface area (Å²) in [6, 6.07) is 3.38. The van der Waals surface area contributed by atoms with Crippen LogP contribution >= 0.6 is 22.7 Å². The normalized spacial score (nSPS) is 8.64. The predicted octanol–water partition coefficient (Wildman–Crippen LogP) is -2.77.